The van der Waals surface area contributed by atoms with Gasteiger partial charge < -0.3 is 19.5 Å². The number of rotatable bonds is 10. The van der Waals surface area contributed by atoms with Gasteiger partial charge in [-0.05, 0) is 12.5 Å². The summed E-state index contributed by atoms with van der Waals surface area (Å²) in [4.78, 5) is 0. The topological polar surface area (TPSA) is 39.7 Å². The molecule has 4 heteroatoms. The van der Waals surface area contributed by atoms with Crippen LogP contribution in [0.15, 0.2) is 24.3 Å². The Morgan fingerprint density at radius 3 is 2.58 bits per heavy atom. The second-order valence-corrected chi connectivity index (χ2v) is 4.26. The fraction of sp³-hybridized carbons (Fsp3) is 0.600. The van der Waals surface area contributed by atoms with Crippen LogP contribution in [-0.4, -0.2) is 40.6 Å². The molecule has 0 aliphatic rings. The molecule has 0 amide bonds. The van der Waals surface area contributed by atoms with E-state index in [9.17, 15) is 0 Å². The van der Waals surface area contributed by atoms with Crippen molar-refractivity contribution in [2.45, 2.75) is 19.4 Å². The summed E-state index contributed by atoms with van der Waals surface area (Å²) in [6, 6.07) is 8.42. The van der Waals surface area contributed by atoms with Crippen LogP contribution in [0.25, 0.3) is 0 Å². The van der Waals surface area contributed by atoms with Crippen LogP contribution >= 0.6 is 0 Å². The van der Waals surface area contributed by atoms with E-state index >= 15 is 0 Å². The highest BCUT2D eigenvalue weighted by molar-refractivity contribution is 5.35. The van der Waals surface area contributed by atoms with Crippen molar-refractivity contribution in [2.24, 2.45) is 0 Å². The van der Waals surface area contributed by atoms with E-state index in [1.165, 1.54) is 5.56 Å². The number of para-hydroxylation sites is 1. The molecule has 0 radical (unpaired) electrons. The predicted molar refractivity (Wildman–Crippen MR) is 76.7 cm³/mol. The van der Waals surface area contributed by atoms with Crippen LogP contribution in [0.1, 0.15) is 24.9 Å². The number of hydrogen-bond donors (Lipinski definition) is 1. The Hall–Kier alpha value is -1.10. The maximum absolute atomic E-state index is 5.44. The van der Waals surface area contributed by atoms with Crippen molar-refractivity contribution < 1.29 is 14.2 Å². The largest absolute Gasteiger partial charge is 0.496 e. The lowest BCUT2D eigenvalue weighted by molar-refractivity contribution is 0.0709. The third kappa shape index (κ3) is 5.59. The van der Waals surface area contributed by atoms with Crippen LogP contribution < -0.4 is 10.1 Å². The maximum Gasteiger partial charge on any atom is 0.123 e. The van der Waals surface area contributed by atoms with Crippen molar-refractivity contribution >= 4 is 0 Å². The van der Waals surface area contributed by atoms with Crippen molar-refractivity contribution in [3.8, 4) is 5.75 Å². The fourth-order valence-electron chi connectivity index (χ4n) is 1.98. The highest BCUT2D eigenvalue weighted by atomic mass is 16.5. The first-order valence-corrected chi connectivity index (χ1v) is 6.76. The summed E-state index contributed by atoms with van der Waals surface area (Å²) in [5.41, 5.74) is 1.20. The van der Waals surface area contributed by atoms with E-state index in [0.29, 0.717) is 25.9 Å². The standard InChI is InChI=1S/C15H25NO3/c1-4-14(16-9-10-19-12-11-17-2)13-7-5-6-8-15(13)18-3/h5-8,14,16H,4,9-12H2,1-3H3. The van der Waals surface area contributed by atoms with Gasteiger partial charge in [0.1, 0.15) is 5.75 Å². The summed E-state index contributed by atoms with van der Waals surface area (Å²) < 4.78 is 15.8. The zero-order valence-electron chi connectivity index (χ0n) is 12.1. The smallest absolute Gasteiger partial charge is 0.123 e. The SMILES string of the molecule is CCC(NCCOCCOC)c1ccccc1OC. The highest BCUT2D eigenvalue weighted by Gasteiger charge is 2.12. The van der Waals surface area contributed by atoms with Crippen molar-refractivity contribution in [3.05, 3.63) is 29.8 Å². The lowest BCUT2D eigenvalue weighted by Crippen LogP contribution is -2.25. The number of nitrogens with one attached hydrogen (secondary N) is 1. The number of ether oxygens (including phenoxy) is 3. The molecule has 1 aromatic carbocycles. The molecule has 0 bridgehead atoms. The average Bonchev–Trinajstić information content (AvgIpc) is 2.47. The molecule has 0 aromatic heterocycles. The minimum absolute atomic E-state index is 0.294. The molecule has 1 aromatic rings. The zero-order valence-corrected chi connectivity index (χ0v) is 12.1. The van der Waals surface area contributed by atoms with Gasteiger partial charge in [-0.25, -0.2) is 0 Å². The molecule has 0 saturated carbocycles. The van der Waals surface area contributed by atoms with Crippen LogP contribution in [0.3, 0.4) is 0 Å². The van der Waals surface area contributed by atoms with Crippen LogP contribution in [-0.2, 0) is 9.47 Å². The molecule has 0 aliphatic carbocycles. The molecular formula is C15H25NO3. The van der Waals surface area contributed by atoms with E-state index in [0.717, 1.165) is 18.7 Å². The quantitative estimate of drug-likeness (QED) is 0.661. The van der Waals surface area contributed by atoms with Crippen molar-refractivity contribution in [1.82, 2.24) is 5.32 Å². The Kier molecular flexibility index (Phi) is 8.21. The van der Waals surface area contributed by atoms with Gasteiger partial charge in [0.25, 0.3) is 0 Å². The molecule has 1 rings (SSSR count). The van der Waals surface area contributed by atoms with Crippen molar-refractivity contribution in [1.29, 1.82) is 0 Å². The molecule has 0 saturated heterocycles. The van der Waals surface area contributed by atoms with Gasteiger partial charge in [0.05, 0.1) is 26.9 Å². The van der Waals surface area contributed by atoms with Gasteiger partial charge in [-0.15, -0.1) is 0 Å². The summed E-state index contributed by atoms with van der Waals surface area (Å²) in [5.74, 6) is 0.933. The van der Waals surface area contributed by atoms with E-state index in [-0.39, 0.29) is 0 Å². The monoisotopic (exact) mass is 267 g/mol. The van der Waals surface area contributed by atoms with Crippen molar-refractivity contribution in [2.75, 3.05) is 40.6 Å². The lowest BCUT2D eigenvalue weighted by Gasteiger charge is -2.20. The van der Waals surface area contributed by atoms with Crippen molar-refractivity contribution in [3.63, 3.8) is 0 Å². The molecule has 108 valence electrons. The van der Waals surface area contributed by atoms with Crippen LogP contribution in [0.5, 0.6) is 5.75 Å². The highest BCUT2D eigenvalue weighted by Crippen LogP contribution is 2.26. The van der Waals surface area contributed by atoms with Gasteiger partial charge >= 0.3 is 0 Å². The molecule has 0 fully saturated rings. The van der Waals surface area contributed by atoms with Crippen LogP contribution in [0, 0.1) is 0 Å². The molecule has 19 heavy (non-hydrogen) atoms. The number of hydrogen-bond acceptors (Lipinski definition) is 4. The van der Waals surface area contributed by atoms with Gasteiger partial charge in [-0.2, -0.15) is 0 Å². The van der Waals surface area contributed by atoms with Crippen LogP contribution in [0.4, 0.5) is 0 Å². The minimum atomic E-state index is 0.294. The van der Waals surface area contributed by atoms with E-state index in [2.05, 4.69) is 18.3 Å². The van der Waals surface area contributed by atoms with Gasteiger partial charge in [0.2, 0.25) is 0 Å². The summed E-state index contributed by atoms with van der Waals surface area (Å²) in [6.45, 7) is 4.96. The normalized spacial score (nSPS) is 12.4. The zero-order chi connectivity index (χ0) is 13.9. The van der Waals surface area contributed by atoms with E-state index in [4.69, 9.17) is 14.2 Å². The van der Waals surface area contributed by atoms with Gasteiger partial charge in [0.15, 0.2) is 0 Å². The Bertz CT molecular complexity index is 344. The fourth-order valence-corrected chi connectivity index (χ4v) is 1.98. The van der Waals surface area contributed by atoms with Crippen LogP contribution in [0.2, 0.25) is 0 Å². The summed E-state index contributed by atoms with van der Waals surface area (Å²) in [5, 5.41) is 3.49. The second kappa shape index (κ2) is 9.78. The molecule has 1 N–H and O–H groups in total. The molecule has 0 heterocycles. The Morgan fingerprint density at radius 2 is 1.89 bits per heavy atom. The van der Waals surface area contributed by atoms with Gasteiger partial charge in [0, 0.05) is 25.3 Å². The second-order valence-electron chi connectivity index (χ2n) is 4.26. The summed E-state index contributed by atoms with van der Waals surface area (Å²) in [7, 11) is 3.38. The molecule has 0 aliphatic heterocycles. The third-order valence-electron chi connectivity index (χ3n) is 2.99. The first kappa shape index (κ1) is 16.0. The molecule has 1 atom stereocenters. The molecule has 1 unspecified atom stereocenters. The Morgan fingerprint density at radius 1 is 1.11 bits per heavy atom. The first-order valence-electron chi connectivity index (χ1n) is 6.76. The first-order chi connectivity index (χ1) is 9.33. The molecule has 0 spiro atoms. The number of methoxy groups -OCH3 is 2. The Labute approximate surface area is 116 Å². The Balaban J connectivity index is 2.40. The van der Waals surface area contributed by atoms with Gasteiger partial charge in [-0.1, -0.05) is 25.1 Å². The summed E-state index contributed by atoms with van der Waals surface area (Å²) in [6.07, 6.45) is 1.01. The maximum atomic E-state index is 5.44. The third-order valence-corrected chi connectivity index (χ3v) is 2.99. The van der Waals surface area contributed by atoms with E-state index < -0.39 is 0 Å². The van der Waals surface area contributed by atoms with E-state index in [1.807, 2.05) is 18.2 Å². The minimum Gasteiger partial charge on any atom is -0.496 e. The molecular weight excluding hydrogens is 242 g/mol. The molecule has 4 nitrogen and oxygen atoms in total. The predicted octanol–water partition coefficient (Wildman–Crippen LogP) is 2.40. The van der Waals surface area contributed by atoms with Gasteiger partial charge in [-0.3, -0.25) is 0 Å². The average molecular weight is 267 g/mol. The summed E-state index contributed by atoms with van der Waals surface area (Å²) >= 11 is 0. The lowest BCUT2D eigenvalue weighted by atomic mass is 10.0. The van der Waals surface area contributed by atoms with E-state index in [1.54, 1.807) is 14.2 Å². The number of benzene rings is 1.